The third kappa shape index (κ3) is 4.08. The predicted octanol–water partition coefficient (Wildman–Crippen LogP) is 2.75. The molecule has 0 spiro atoms. The van der Waals surface area contributed by atoms with Crippen LogP contribution in [0.15, 0.2) is 40.9 Å². The van der Waals surface area contributed by atoms with Gasteiger partial charge in [0.1, 0.15) is 11.3 Å². The van der Waals surface area contributed by atoms with Crippen molar-refractivity contribution in [2.75, 3.05) is 6.79 Å². The van der Waals surface area contributed by atoms with Crippen molar-refractivity contribution in [3.8, 4) is 17.2 Å². The van der Waals surface area contributed by atoms with Crippen LogP contribution in [0, 0.1) is 0 Å². The van der Waals surface area contributed by atoms with Crippen LogP contribution in [0.25, 0.3) is 0 Å². The van der Waals surface area contributed by atoms with E-state index in [1.165, 1.54) is 19.1 Å². The van der Waals surface area contributed by atoms with Crippen LogP contribution in [0.3, 0.4) is 0 Å². The fourth-order valence-corrected chi connectivity index (χ4v) is 2.69. The number of hydrogen-bond acceptors (Lipinski definition) is 6. The predicted molar refractivity (Wildman–Crippen MR) is 95.1 cm³/mol. The zero-order valence-electron chi connectivity index (χ0n) is 13.8. The first-order chi connectivity index (χ1) is 12.4. The van der Waals surface area contributed by atoms with E-state index in [1.54, 1.807) is 18.2 Å². The monoisotopic (exact) mass is 421 g/mol. The number of ether oxygens (including phenoxy) is 3. The Bertz CT molecular complexity index is 854. The van der Waals surface area contributed by atoms with Gasteiger partial charge < -0.3 is 24.6 Å². The van der Waals surface area contributed by atoms with Crippen molar-refractivity contribution in [3.63, 3.8) is 0 Å². The molecule has 1 aliphatic heterocycles. The van der Waals surface area contributed by atoms with E-state index < -0.39 is 18.0 Å². The van der Waals surface area contributed by atoms with Gasteiger partial charge in [-0.2, -0.15) is 0 Å². The molecule has 0 saturated heterocycles. The first-order valence-corrected chi connectivity index (χ1v) is 8.59. The first kappa shape index (κ1) is 18.1. The minimum absolute atomic E-state index is 0.0187. The lowest BCUT2D eigenvalue weighted by Gasteiger charge is -2.14. The van der Waals surface area contributed by atoms with Crippen molar-refractivity contribution in [1.82, 2.24) is 5.32 Å². The van der Waals surface area contributed by atoms with Gasteiger partial charge in [-0.3, -0.25) is 4.79 Å². The smallest absolute Gasteiger partial charge is 0.342 e. The second-order valence-corrected chi connectivity index (χ2v) is 6.53. The third-order valence-electron chi connectivity index (χ3n) is 3.74. The van der Waals surface area contributed by atoms with E-state index in [0.717, 1.165) is 5.56 Å². The molecule has 1 heterocycles. The molecule has 2 aromatic rings. The summed E-state index contributed by atoms with van der Waals surface area (Å²) >= 11 is 3.21. The molecule has 0 unspecified atom stereocenters. The Labute approximate surface area is 158 Å². The van der Waals surface area contributed by atoms with Gasteiger partial charge in [-0.25, -0.2) is 4.79 Å². The van der Waals surface area contributed by atoms with Gasteiger partial charge >= 0.3 is 5.97 Å². The van der Waals surface area contributed by atoms with Gasteiger partial charge in [-0.1, -0.05) is 22.0 Å². The highest BCUT2D eigenvalue weighted by atomic mass is 79.9. The highest BCUT2D eigenvalue weighted by molar-refractivity contribution is 9.10. The van der Waals surface area contributed by atoms with Crippen molar-refractivity contribution in [2.45, 2.75) is 19.6 Å². The van der Waals surface area contributed by atoms with Crippen LogP contribution in [0.5, 0.6) is 17.2 Å². The zero-order valence-corrected chi connectivity index (χ0v) is 15.4. The maximum absolute atomic E-state index is 12.2. The molecule has 2 N–H and O–H groups in total. The molecule has 0 aromatic heterocycles. The normalized spacial score (nSPS) is 13.2. The molecular formula is C18H16BrNO6. The number of hydrogen-bond donors (Lipinski definition) is 2. The second-order valence-electron chi connectivity index (χ2n) is 5.61. The van der Waals surface area contributed by atoms with Crippen LogP contribution in [0.4, 0.5) is 0 Å². The Morgan fingerprint density at radius 1 is 1.23 bits per heavy atom. The molecule has 1 aliphatic rings. The summed E-state index contributed by atoms with van der Waals surface area (Å²) < 4.78 is 16.2. The molecule has 1 atom stereocenters. The first-order valence-electron chi connectivity index (χ1n) is 7.80. The Kier molecular flexibility index (Phi) is 5.32. The fraction of sp³-hybridized carbons (Fsp3) is 0.222. The molecule has 0 fully saturated rings. The number of halogens is 1. The summed E-state index contributed by atoms with van der Waals surface area (Å²) in [4.78, 5) is 24.3. The number of carbonyl (C=O) groups is 2. The molecular weight excluding hydrogens is 406 g/mol. The molecule has 1 amide bonds. The highest BCUT2D eigenvalue weighted by Gasteiger charge is 2.21. The summed E-state index contributed by atoms with van der Waals surface area (Å²) in [6, 6.07) is 9.74. The van der Waals surface area contributed by atoms with Crippen LogP contribution < -0.4 is 14.8 Å². The lowest BCUT2D eigenvalue weighted by atomic mass is 10.2. The molecule has 7 nitrogen and oxygen atoms in total. The van der Waals surface area contributed by atoms with Gasteiger partial charge in [0.25, 0.3) is 5.91 Å². The Morgan fingerprint density at radius 2 is 2.00 bits per heavy atom. The summed E-state index contributed by atoms with van der Waals surface area (Å²) in [6.07, 6.45) is -1.02. The molecule has 26 heavy (non-hydrogen) atoms. The Morgan fingerprint density at radius 3 is 2.81 bits per heavy atom. The van der Waals surface area contributed by atoms with Gasteiger partial charge in [0.15, 0.2) is 17.6 Å². The number of benzene rings is 2. The van der Waals surface area contributed by atoms with E-state index >= 15 is 0 Å². The molecule has 3 rings (SSSR count). The zero-order chi connectivity index (χ0) is 18.7. The summed E-state index contributed by atoms with van der Waals surface area (Å²) in [5.41, 5.74) is 0.806. The number of aromatic hydroxyl groups is 1. The van der Waals surface area contributed by atoms with Crippen LogP contribution in [0.1, 0.15) is 22.8 Å². The number of nitrogens with one attached hydrogen (secondary N) is 1. The average molecular weight is 422 g/mol. The number of rotatable bonds is 5. The van der Waals surface area contributed by atoms with Gasteiger partial charge in [0, 0.05) is 11.0 Å². The lowest BCUT2D eigenvalue weighted by Crippen LogP contribution is -2.35. The average Bonchev–Trinajstić information content (AvgIpc) is 3.09. The van der Waals surface area contributed by atoms with Crippen molar-refractivity contribution in [3.05, 3.63) is 52.0 Å². The number of phenolic OH excluding ortho intramolecular Hbond substituents is 1. The summed E-state index contributed by atoms with van der Waals surface area (Å²) in [7, 11) is 0. The van der Waals surface area contributed by atoms with Crippen LogP contribution in [0.2, 0.25) is 0 Å². The summed E-state index contributed by atoms with van der Waals surface area (Å²) in [5, 5.41) is 12.4. The van der Waals surface area contributed by atoms with E-state index in [-0.39, 0.29) is 24.7 Å². The minimum atomic E-state index is -1.02. The van der Waals surface area contributed by atoms with E-state index in [0.29, 0.717) is 16.0 Å². The van der Waals surface area contributed by atoms with E-state index in [2.05, 4.69) is 21.2 Å². The maximum atomic E-state index is 12.2. The molecule has 136 valence electrons. The van der Waals surface area contributed by atoms with Gasteiger partial charge in [-0.15, -0.1) is 0 Å². The van der Waals surface area contributed by atoms with Crippen molar-refractivity contribution < 1.29 is 28.9 Å². The van der Waals surface area contributed by atoms with Gasteiger partial charge in [0.05, 0.1) is 0 Å². The summed E-state index contributed by atoms with van der Waals surface area (Å²) in [5.74, 6) is -0.163. The van der Waals surface area contributed by atoms with E-state index in [4.69, 9.17) is 14.2 Å². The minimum Gasteiger partial charge on any atom is -0.507 e. The van der Waals surface area contributed by atoms with Crippen LogP contribution in [-0.4, -0.2) is 29.9 Å². The van der Waals surface area contributed by atoms with Gasteiger partial charge in [-0.05, 0) is 42.8 Å². The molecule has 0 radical (unpaired) electrons. The maximum Gasteiger partial charge on any atom is 0.342 e. The number of amides is 1. The standard InChI is InChI=1S/C18H16BrNO6/c1-10(26-18(23)13-7-12(19)3-4-14(13)21)17(22)20-8-11-2-5-15-16(6-11)25-9-24-15/h2-7,10,21H,8-9H2,1H3,(H,20,22)/t10-/m0/s1. The SMILES string of the molecule is C[C@H](OC(=O)c1cc(Br)ccc1O)C(=O)NCc1ccc2c(c1)OCO2. The van der Waals surface area contributed by atoms with Crippen molar-refractivity contribution in [2.24, 2.45) is 0 Å². The fourth-order valence-electron chi connectivity index (χ4n) is 2.33. The Hall–Kier alpha value is -2.74. The van der Waals surface area contributed by atoms with Crippen molar-refractivity contribution in [1.29, 1.82) is 0 Å². The molecule has 0 aliphatic carbocycles. The van der Waals surface area contributed by atoms with E-state index in [9.17, 15) is 14.7 Å². The van der Waals surface area contributed by atoms with Gasteiger partial charge in [0.2, 0.25) is 6.79 Å². The molecule has 0 bridgehead atoms. The number of fused-ring (bicyclic) bond motifs is 1. The van der Waals surface area contributed by atoms with Crippen LogP contribution in [-0.2, 0) is 16.1 Å². The molecule has 2 aromatic carbocycles. The quantitative estimate of drug-likeness (QED) is 0.720. The third-order valence-corrected chi connectivity index (χ3v) is 4.23. The topological polar surface area (TPSA) is 94.1 Å². The largest absolute Gasteiger partial charge is 0.507 e. The molecule has 8 heteroatoms. The van der Waals surface area contributed by atoms with Crippen LogP contribution >= 0.6 is 15.9 Å². The van der Waals surface area contributed by atoms with Crippen molar-refractivity contribution >= 4 is 27.8 Å². The Balaban J connectivity index is 1.56. The van der Waals surface area contributed by atoms with E-state index in [1.807, 2.05) is 6.07 Å². The number of esters is 1. The molecule has 0 saturated carbocycles. The number of phenols is 1. The number of carbonyl (C=O) groups excluding carboxylic acids is 2. The second kappa shape index (κ2) is 7.65. The lowest BCUT2D eigenvalue weighted by molar-refractivity contribution is -0.129. The highest BCUT2D eigenvalue weighted by Crippen LogP contribution is 2.32. The summed E-state index contributed by atoms with van der Waals surface area (Å²) in [6.45, 7) is 1.89.